The molecular formula is C14H17Cl2N3O. The number of hydrogen-bond donors (Lipinski definition) is 1. The minimum absolute atomic E-state index is 0.0979. The van der Waals surface area contributed by atoms with Crippen LogP contribution in [0.1, 0.15) is 26.2 Å². The molecule has 0 saturated carbocycles. The summed E-state index contributed by atoms with van der Waals surface area (Å²) in [6.45, 7) is 3.31. The van der Waals surface area contributed by atoms with E-state index in [-0.39, 0.29) is 5.91 Å². The maximum absolute atomic E-state index is 12.1. The fourth-order valence-electron chi connectivity index (χ4n) is 1.97. The molecule has 1 aliphatic rings. The van der Waals surface area contributed by atoms with E-state index in [1.807, 2.05) is 0 Å². The van der Waals surface area contributed by atoms with Gasteiger partial charge in [0.2, 0.25) is 11.9 Å². The predicted molar refractivity (Wildman–Crippen MR) is 83.6 cm³/mol. The van der Waals surface area contributed by atoms with Crippen LogP contribution in [0.5, 0.6) is 0 Å². The van der Waals surface area contributed by atoms with Crippen LogP contribution in [0.25, 0.3) is 0 Å². The molecule has 0 atom stereocenters. The second-order valence-electron chi connectivity index (χ2n) is 4.60. The van der Waals surface area contributed by atoms with Crippen molar-refractivity contribution in [2.24, 2.45) is 4.99 Å². The highest BCUT2D eigenvalue weighted by molar-refractivity contribution is 6.36. The van der Waals surface area contributed by atoms with Gasteiger partial charge in [0.25, 0.3) is 0 Å². The van der Waals surface area contributed by atoms with E-state index < -0.39 is 0 Å². The van der Waals surface area contributed by atoms with Crippen molar-refractivity contribution in [2.45, 2.75) is 26.2 Å². The zero-order chi connectivity index (χ0) is 14.5. The lowest BCUT2D eigenvalue weighted by molar-refractivity contribution is -0.127. The fraction of sp³-hybridized carbons (Fsp3) is 0.429. The van der Waals surface area contributed by atoms with Crippen molar-refractivity contribution < 1.29 is 4.79 Å². The van der Waals surface area contributed by atoms with Gasteiger partial charge in [-0.1, -0.05) is 36.5 Å². The Morgan fingerprint density at radius 1 is 1.45 bits per heavy atom. The minimum atomic E-state index is 0.0979. The largest absolute Gasteiger partial charge is 0.325 e. The molecule has 6 heteroatoms. The molecule has 1 aromatic carbocycles. The standard InChI is InChI=1S/C14H17Cl2N3O/c1-2-3-4-13(20)19-8-7-17-14(19)18-12-6-5-10(15)9-11(12)16/h5-6,9H,2-4,7-8H2,1H3,(H,17,18). The van der Waals surface area contributed by atoms with Crippen molar-refractivity contribution in [3.05, 3.63) is 28.2 Å². The van der Waals surface area contributed by atoms with Gasteiger partial charge in [-0.15, -0.1) is 0 Å². The highest BCUT2D eigenvalue weighted by Gasteiger charge is 2.23. The van der Waals surface area contributed by atoms with Gasteiger partial charge in [-0.05, 0) is 24.6 Å². The molecule has 1 N–H and O–H groups in total. The molecule has 4 nitrogen and oxygen atoms in total. The first-order chi connectivity index (χ1) is 9.61. The van der Waals surface area contributed by atoms with Crippen LogP contribution in [-0.4, -0.2) is 29.9 Å². The maximum atomic E-state index is 12.1. The molecule has 0 aliphatic carbocycles. The van der Waals surface area contributed by atoms with Crippen LogP contribution in [0.2, 0.25) is 10.0 Å². The Bertz CT molecular complexity index is 531. The number of unbranched alkanes of at least 4 members (excludes halogenated alkanes) is 1. The van der Waals surface area contributed by atoms with Crippen molar-refractivity contribution in [2.75, 3.05) is 18.4 Å². The maximum Gasteiger partial charge on any atom is 0.229 e. The van der Waals surface area contributed by atoms with E-state index in [4.69, 9.17) is 23.2 Å². The van der Waals surface area contributed by atoms with Crippen molar-refractivity contribution in [3.63, 3.8) is 0 Å². The van der Waals surface area contributed by atoms with Crippen LogP contribution >= 0.6 is 23.2 Å². The summed E-state index contributed by atoms with van der Waals surface area (Å²) in [5.74, 6) is 0.663. The summed E-state index contributed by atoms with van der Waals surface area (Å²) in [6, 6.07) is 5.18. The van der Waals surface area contributed by atoms with Crippen molar-refractivity contribution in [3.8, 4) is 0 Å². The lowest BCUT2D eigenvalue weighted by Gasteiger charge is -2.19. The van der Waals surface area contributed by atoms with Gasteiger partial charge >= 0.3 is 0 Å². The number of nitrogens with zero attached hydrogens (tertiary/aromatic N) is 2. The van der Waals surface area contributed by atoms with Crippen LogP contribution in [0.4, 0.5) is 5.69 Å². The fourth-order valence-corrected chi connectivity index (χ4v) is 2.43. The third-order valence-electron chi connectivity index (χ3n) is 3.06. The highest BCUT2D eigenvalue weighted by atomic mass is 35.5. The van der Waals surface area contributed by atoms with Gasteiger partial charge < -0.3 is 5.32 Å². The number of nitrogens with one attached hydrogen (secondary N) is 1. The van der Waals surface area contributed by atoms with Crippen molar-refractivity contribution in [1.29, 1.82) is 0 Å². The van der Waals surface area contributed by atoms with Crippen LogP contribution in [0.3, 0.4) is 0 Å². The van der Waals surface area contributed by atoms with E-state index >= 15 is 0 Å². The molecular weight excluding hydrogens is 297 g/mol. The smallest absolute Gasteiger partial charge is 0.229 e. The van der Waals surface area contributed by atoms with Gasteiger partial charge in [-0.2, -0.15) is 0 Å². The van der Waals surface area contributed by atoms with Crippen molar-refractivity contribution in [1.82, 2.24) is 4.90 Å². The number of amides is 1. The number of anilines is 1. The van der Waals surface area contributed by atoms with E-state index in [0.29, 0.717) is 41.2 Å². The Kier molecular flexibility index (Phi) is 5.26. The number of carbonyl (C=O) groups is 1. The minimum Gasteiger partial charge on any atom is -0.325 e. The van der Waals surface area contributed by atoms with Crippen LogP contribution in [0, 0.1) is 0 Å². The number of hydrogen-bond acceptors (Lipinski definition) is 3. The molecule has 1 amide bonds. The van der Waals surface area contributed by atoms with E-state index in [0.717, 1.165) is 12.8 Å². The molecule has 0 saturated heterocycles. The van der Waals surface area contributed by atoms with E-state index in [1.165, 1.54) is 0 Å². The predicted octanol–water partition coefficient (Wildman–Crippen LogP) is 3.79. The average Bonchev–Trinajstić information content (AvgIpc) is 2.87. The molecule has 0 bridgehead atoms. The molecule has 0 fully saturated rings. The van der Waals surface area contributed by atoms with E-state index in [1.54, 1.807) is 23.1 Å². The monoisotopic (exact) mass is 313 g/mol. The van der Waals surface area contributed by atoms with Gasteiger partial charge in [0.05, 0.1) is 17.3 Å². The molecule has 0 radical (unpaired) electrons. The molecule has 108 valence electrons. The van der Waals surface area contributed by atoms with Gasteiger partial charge in [0.1, 0.15) is 0 Å². The molecule has 1 aliphatic heterocycles. The SMILES string of the molecule is CCCCC(=O)N1CCN=C1Nc1ccc(Cl)cc1Cl. The number of halogens is 2. The van der Waals surface area contributed by atoms with Gasteiger partial charge in [-0.25, -0.2) is 0 Å². The molecule has 0 spiro atoms. The second kappa shape index (κ2) is 6.95. The first-order valence-electron chi connectivity index (χ1n) is 6.68. The summed E-state index contributed by atoms with van der Waals surface area (Å²) in [4.78, 5) is 18.1. The summed E-state index contributed by atoms with van der Waals surface area (Å²) in [5.41, 5.74) is 0.699. The number of benzene rings is 1. The Balaban J connectivity index is 2.06. The lowest BCUT2D eigenvalue weighted by Crippen LogP contribution is -2.38. The summed E-state index contributed by atoms with van der Waals surface area (Å²) >= 11 is 12.0. The quantitative estimate of drug-likeness (QED) is 0.919. The number of carbonyl (C=O) groups excluding carboxylic acids is 1. The first kappa shape index (κ1) is 15.1. The second-order valence-corrected chi connectivity index (χ2v) is 5.45. The van der Waals surface area contributed by atoms with E-state index in [2.05, 4.69) is 17.2 Å². The van der Waals surface area contributed by atoms with Gasteiger partial charge in [-0.3, -0.25) is 14.7 Å². The Hall–Kier alpha value is -1.26. The summed E-state index contributed by atoms with van der Waals surface area (Å²) < 4.78 is 0. The summed E-state index contributed by atoms with van der Waals surface area (Å²) in [6.07, 6.45) is 2.44. The topological polar surface area (TPSA) is 44.7 Å². The zero-order valence-corrected chi connectivity index (χ0v) is 12.8. The molecule has 20 heavy (non-hydrogen) atoms. The Morgan fingerprint density at radius 2 is 2.25 bits per heavy atom. The van der Waals surface area contributed by atoms with Gasteiger partial charge in [0, 0.05) is 18.0 Å². The van der Waals surface area contributed by atoms with Crippen LogP contribution in [-0.2, 0) is 4.79 Å². The van der Waals surface area contributed by atoms with Crippen molar-refractivity contribution >= 4 is 40.8 Å². The average molecular weight is 314 g/mol. The third kappa shape index (κ3) is 3.64. The molecule has 1 aromatic rings. The van der Waals surface area contributed by atoms with Crippen LogP contribution in [0.15, 0.2) is 23.2 Å². The molecule has 1 heterocycles. The zero-order valence-electron chi connectivity index (χ0n) is 11.3. The Labute approximate surface area is 128 Å². The molecule has 0 unspecified atom stereocenters. The Morgan fingerprint density at radius 3 is 2.95 bits per heavy atom. The third-order valence-corrected chi connectivity index (χ3v) is 3.61. The number of guanidine groups is 1. The lowest BCUT2D eigenvalue weighted by atomic mass is 10.2. The summed E-state index contributed by atoms with van der Waals surface area (Å²) in [5, 5.41) is 4.19. The number of rotatable bonds is 4. The molecule has 0 aromatic heterocycles. The summed E-state index contributed by atoms with van der Waals surface area (Å²) in [7, 11) is 0. The number of aliphatic imine (C=N–C) groups is 1. The molecule has 2 rings (SSSR count). The van der Waals surface area contributed by atoms with Gasteiger partial charge in [0.15, 0.2) is 0 Å². The van der Waals surface area contributed by atoms with Crippen LogP contribution < -0.4 is 5.32 Å². The normalized spacial score (nSPS) is 14.3. The highest BCUT2D eigenvalue weighted by Crippen LogP contribution is 2.26. The first-order valence-corrected chi connectivity index (χ1v) is 7.44. The van der Waals surface area contributed by atoms with E-state index in [9.17, 15) is 4.79 Å².